The molecule has 1 amide bonds. The predicted octanol–water partition coefficient (Wildman–Crippen LogP) is 2.67. The van der Waals surface area contributed by atoms with Crippen molar-refractivity contribution in [3.05, 3.63) is 29.3 Å². The van der Waals surface area contributed by atoms with E-state index in [0.29, 0.717) is 18.1 Å². The minimum Gasteiger partial charge on any atom is -0.376 e. The maximum Gasteiger partial charge on any atom is 0.251 e. The highest BCUT2D eigenvalue weighted by atomic mass is 32.1. The fourth-order valence-corrected chi connectivity index (χ4v) is 5.47. The zero-order valence-electron chi connectivity index (χ0n) is 14.2. The van der Waals surface area contributed by atoms with Gasteiger partial charge in [-0.05, 0) is 50.6 Å². The molecule has 0 radical (unpaired) electrons. The summed E-state index contributed by atoms with van der Waals surface area (Å²) in [6.07, 6.45) is 5.22. The molecule has 1 aromatic heterocycles. The van der Waals surface area contributed by atoms with Crippen LogP contribution in [0.2, 0.25) is 0 Å². The number of benzene rings is 1. The van der Waals surface area contributed by atoms with Gasteiger partial charge in [0.25, 0.3) is 5.91 Å². The van der Waals surface area contributed by atoms with Crippen molar-refractivity contribution in [1.82, 2.24) is 15.2 Å². The minimum absolute atomic E-state index is 0.0349. The lowest BCUT2D eigenvalue weighted by Crippen LogP contribution is -2.71. The van der Waals surface area contributed by atoms with E-state index in [2.05, 4.69) is 15.2 Å². The van der Waals surface area contributed by atoms with E-state index >= 15 is 0 Å². The average Bonchev–Trinajstić information content (AvgIpc) is 3.27. The smallest absolute Gasteiger partial charge is 0.251 e. The van der Waals surface area contributed by atoms with Crippen molar-refractivity contribution in [2.24, 2.45) is 5.92 Å². The van der Waals surface area contributed by atoms with Gasteiger partial charge in [0.05, 0.1) is 33.9 Å². The van der Waals surface area contributed by atoms with Gasteiger partial charge in [-0.25, -0.2) is 4.98 Å². The number of hydrogen-bond acceptors (Lipinski definition) is 5. The number of nitrogens with zero attached hydrogens (tertiary/aromatic N) is 2. The molecule has 0 unspecified atom stereocenters. The lowest BCUT2D eigenvalue weighted by molar-refractivity contribution is -0.0862. The standard InChI is InChI=1S/C19H23N3O2S/c23-19(12-4-5-14-15(10-12)25-11-20-14)21-16-13-6-9-24-18(13)17(16)22-7-2-1-3-8-22/h4-5,10-11,13,16-18H,1-3,6-9H2,(H,21,23)/t13-,16+,17-,18-/m1/s1. The number of carbonyl (C=O) groups is 1. The zero-order valence-corrected chi connectivity index (χ0v) is 15.0. The van der Waals surface area contributed by atoms with E-state index in [0.717, 1.165) is 41.9 Å². The molecule has 0 bridgehead atoms. The third kappa shape index (κ3) is 2.67. The van der Waals surface area contributed by atoms with Crippen LogP contribution in [0.3, 0.4) is 0 Å². The van der Waals surface area contributed by atoms with Crippen LogP contribution in [0.5, 0.6) is 0 Å². The van der Waals surface area contributed by atoms with E-state index in [1.807, 2.05) is 23.7 Å². The third-order valence-electron chi connectivity index (χ3n) is 6.05. The number of likely N-dealkylation sites (tertiary alicyclic amines) is 1. The largest absolute Gasteiger partial charge is 0.376 e. The Kier molecular flexibility index (Phi) is 3.99. The molecule has 4 atom stereocenters. The van der Waals surface area contributed by atoms with Gasteiger partial charge in [0.1, 0.15) is 0 Å². The van der Waals surface area contributed by atoms with Crippen LogP contribution in [0.25, 0.3) is 10.2 Å². The van der Waals surface area contributed by atoms with Crippen molar-refractivity contribution in [2.45, 2.75) is 43.9 Å². The first-order valence-electron chi connectivity index (χ1n) is 9.31. The van der Waals surface area contributed by atoms with Gasteiger partial charge >= 0.3 is 0 Å². The number of aromatic nitrogens is 1. The molecule has 1 saturated carbocycles. The molecule has 1 aromatic carbocycles. The molecular formula is C19H23N3O2S. The number of thiazole rings is 1. The Morgan fingerprint density at radius 3 is 3.04 bits per heavy atom. The third-order valence-corrected chi connectivity index (χ3v) is 6.84. The number of carbonyl (C=O) groups excluding carboxylic acids is 1. The molecule has 3 heterocycles. The van der Waals surface area contributed by atoms with E-state index in [-0.39, 0.29) is 11.9 Å². The second-order valence-electron chi connectivity index (χ2n) is 7.41. The SMILES string of the molecule is O=C(N[C@H]1[C@H]2CCO[C@H]2[C@@H]1N1CCCCC1)c1ccc2ncsc2c1. The van der Waals surface area contributed by atoms with Gasteiger partial charge in [0.2, 0.25) is 0 Å². The van der Waals surface area contributed by atoms with Crippen molar-refractivity contribution >= 4 is 27.5 Å². The summed E-state index contributed by atoms with van der Waals surface area (Å²) in [7, 11) is 0. The normalized spacial score (nSPS) is 32.3. The van der Waals surface area contributed by atoms with E-state index in [9.17, 15) is 4.79 Å². The zero-order chi connectivity index (χ0) is 16.8. The van der Waals surface area contributed by atoms with Crippen molar-refractivity contribution in [3.63, 3.8) is 0 Å². The Hall–Kier alpha value is -1.50. The van der Waals surface area contributed by atoms with Crippen LogP contribution < -0.4 is 5.32 Å². The summed E-state index contributed by atoms with van der Waals surface area (Å²) in [5.74, 6) is 0.510. The maximum atomic E-state index is 12.8. The van der Waals surface area contributed by atoms with Crippen LogP contribution in [0, 0.1) is 5.92 Å². The number of hydrogen-bond donors (Lipinski definition) is 1. The van der Waals surface area contributed by atoms with Crippen molar-refractivity contribution < 1.29 is 9.53 Å². The fraction of sp³-hybridized carbons (Fsp3) is 0.579. The molecule has 6 heteroatoms. The van der Waals surface area contributed by atoms with Gasteiger partial charge in [-0.3, -0.25) is 9.69 Å². The van der Waals surface area contributed by atoms with Crippen LogP contribution in [-0.2, 0) is 4.74 Å². The lowest BCUT2D eigenvalue weighted by atomic mass is 9.70. The lowest BCUT2D eigenvalue weighted by Gasteiger charge is -2.53. The van der Waals surface area contributed by atoms with E-state index < -0.39 is 0 Å². The monoisotopic (exact) mass is 357 g/mol. The summed E-state index contributed by atoms with van der Waals surface area (Å²) < 4.78 is 7.05. The van der Waals surface area contributed by atoms with Crippen molar-refractivity contribution in [3.8, 4) is 0 Å². The Labute approximate surface area is 151 Å². The van der Waals surface area contributed by atoms with Gasteiger partial charge in [-0.1, -0.05) is 6.42 Å². The average molecular weight is 357 g/mol. The fourth-order valence-electron chi connectivity index (χ4n) is 4.75. The summed E-state index contributed by atoms with van der Waals surface area (Å²) in [4.78, 5) is 19.7. The summed E-state index contributed by atoms with van der Waals surface area (Å²) in [5.41, 5.74) is 3.52. The molecule has 1 aliphatic carbocycles. The molecule has 0 spiro atoms. The summed E-state index contributed by atoms with van der Waals surface area (Å²) in [6.45, 7) is 3.10. The Bertz CT molecular complexity index is 786. The molecule has 25 heavy (non-hydrogen) atoms. The van der Waals surface area contributed by atoms with Crippen LogP contribution in [0.1, 0.15) is 36.0 Å². The molecule has 1 N–H and O–H groups in total. The van der Waals surface area contributed by atoms with Gasteiger partial charge < -0.3 is 10.1 Å². The quantitative estimate of drug-likeness (QED) is 0.918. The highest BCUT2D eigenvalue weighted by molar-refractivity contribution is 7.16. The first-order valence-corrected chi connectivity index (χ1v) is 10.2. The second-order valence-corrected chi connectivity index (χ2v) is 8.30. The minimum atomic E-state index is 0.0349. The van der Waals surface area contributed by atoms with Crippen LogP contribution in [0.15, 0.2) is 23.7 Å². The Morgan fingerprint density at radius 1 is 1.28 bits per heavy atom. The summed E-state index contributed by atoms with van der Waals surface area (Å²) >= 11 is 1.58. The molecule has 3 fully saturated rings. The Balaban J connectivity index is 1.34. The van der Waals surface area contributed by atoms with Gasteiger partial charge in [-0.15, -0.1) is 11.3 Å². The number of nitrogens with one attached hydrogen (secondary N) is 1. The first-order chi connectivity index (χ1) is 12.3. The van der Waals surface area contributed by atoms with Crippen LogP contribution in [0.4, 0.5) is 0 Å². The number of rotatable bonds is 3. The van der Waals surface area contributed by atoms with Gasteiger partial charge in [-0.2, -0.15) is 0 Å². The molecule has 132 valence electrons. The Morgan fingerprint density at radius 2 is 2.16 bits per heavy atom. The van der Waals surface area contributed by atoms with Crippen LogP contribution >= 0.6 is 11.3 Å². The molecule has 5 rings (SSSR count). The summed E-state index contributed by atoms with van der Waals surface area (Å²) in [5, 5.41) is 3.33. The molecular weight excluding hydrogens is 334 g/mol. The second kappa shape index (κ2) is 6.34. The number of piperidine rings is 1. The maximum absolute atomic E-state index is 12.8. The molecule has 2 aliphatic heterocycles. The topological polar surface area (TPSA) is 54.5 Å². The molecule has 5 nitrogen and oxygen atoms in total. The summed E-state index contributed by atoms with van der Waals surface area (Å²) in [6, 6.07) is 6.35. The molecule has 2 aromatic rings. The highest BCUT2D eigenvalue weighted by Gasteiger charge is 2.56. The van der Waals surface area contributed by atoms with Crippen LogP contribution in [-0.4, -0.2) is 53.7 Å². The molecule has 2 saturated heterocycles. The van der Waals surface area contributed by atoms with E-state index in [1.54, 1.807) is 11.3 Å². The highest BCUT2D eigenvalue weighted by Crippen LogP contribution is 2.42. The van der Waals surface area contributed by atoms with Crippen molar-refractivity contribution in [1.29, 1.82) is 0 Å². The predicted molar refractivity (Wildman–Crippen MR) is 97.9 cm³/mol. The number of amides is 1. The molecule has 3 aliphatic rings. The first kappa shape index (κ1) is 15.7. The van der Waals surface area contributed by atoms with E-state index in [4.69, 9.17) is 4.74 Å². The van der Waals surface area contributed by atoms with Crippen molar-refractivity contribution in [2.75, 3.05) is 19.7 Å². The number of ether oxygens (including phenoxy) is 1. The van der Waals surface area contributed by atoms with E-state index in [1.165, 1.54) is 19.3 Å². The number of fused-ring (bicyclic) bond motifs is 2. The van der Waals surface area contributed by atoms with Gasteiger partial charge in [0.15, 0.2) is 0 Å². The van der Waals surface area contributed by atoms with Gasteiger partial charge in [0, 0.05) is 18.1 Å².